The molecule has 3 aromatic rings. The van der Waals surface area contributed by atoms with E-state index in [9.17, 15) is 19.1 Å². The Bertz CT molecular complexity index is 1020. The van der Waals surface area contributed by atoms with Crippen molar-refractivity contribution in [1.29, 1.82) is 0 Å². The van der Waals surface area contributed by atoms with Gasteiger partial charge in [0.2, 0.25) is 0 Å². The molecule has 2 aromatic carbocycles. The van der Waals surface area contributed by atoms with Gasteiger partial charge in [-0.2, -0.15) is 9.78 Å². The monoisotopic (exact) mass is 381 g/mol. The molecule has 0 aliphatic carbocycles. The number of nitrogens with zero attached hydrogens (tertiary/aromatic N) is 2. The van der Waals surface area contributed by atoms with Crippen LogP contribution in [0.15, 0.2) is 52.2 Å². The van der Waals surface area contributed by atoms with Crippen LogP contribution < -0.4 is 11.2 Å². The average Bonchev–Trinajstić information content (AvgIpc) is 2.54. The summed E-state index contributed by atoms with van der Waals surface area (Å²) in [7, 11) is 0. The third kappa shape index (κ3) is 3.48. The number of aromatic nitrogens is 3. The Balaban J connectivity index is 2.07. The van der Waals surface area contributed by atoms with Crippen LogP contribution in [0, 0.1) is 5.82 Å². The van der Waals surface area contributed by atoms with E-state index in [1.165, 1.54) is 36.4 Å². The molecule has 6 nitrogen and oxygen atoms in total. The van der Waals surface area contributed by atoms with Crippen LogP contribution in [0.1, 0.15) is 17.2 Å². The summed E-state index contributed by atoms with van der Waals surface area (Å²) in [5.74, 6) is -0.438. The highest BCUT2D eigenvalue weighted by atomic mass is 35.5. The number of hydrogen-bond donors (Lipinski definition) is 2. The van der Waals surface area contributed by atoms with Gasteiger partial charge in [-0.25, -0.2) is 9.18 Å². The van der Waals surface area contributed by atoms with Crippen molar-refractivity contribution in [2.45, 2.75) is 6.10 Å². The molecule has 25 heavy (non-hydrogen) atoms. The number of aliphatic hydroxyl groups excluding tert-OH is 1. The molecule has 0 amide bonds. The zero-order valence-corrected chi connectivity index (χ0v) is 13.9. The summed E-state index contributed by atoms with van der Waals surface area (Å²) < 4.78 is 13.9. The Labute approximate surface area is 150 Å². The minimum atomic E-state index is -1.19. The van der Waals surface area contributed by atoms with Crippen LogP contribution in [-0.2, 0) is 0 Å². The van der Waals surface area contributed by atoms with Gasteiger partial charge in [0.1, 0.15) is 18.1 Å². The van der Waals surface area contributed by atoms with Crippen LogP contribution in [-0.4, -0.2) is 19.9 Å². The number of rotatable bonds is 3. The van der Waals surface area contributed by atoms with E-state index in [1.807, 2.05) is 0 Å². The van der Waals surface area contributed by atoms with Crippen LogP contribution in [0.2, 0.25) is 10.0 Å². The molecular weight excluding hydrogens is 372 g/mol. The van der Waals surface area contributed by atoms with Gasteiger partial charge in [0.15, 0.2) is 0 Å². The first-order valence-electron chi connectivity index (χ1n) is 6.98. The second kappa shape index (κ2) is 6.79. The molecule has 1 heterocycles. The number of hydrogen-bond acceptors (Lipinski definition) is 4. The van der Waals surface area contributed by atoms with E-state index < -0.39 is 23.2 Å². The molecule has 0 bridgehead atoms. The fraction of sp³-hybridized carbons (Fsp3) is 0.0625. The van der Waals surface area contributed by atoms with Crippen molar-refractivity contribution in [3.8, 4) is 5.69 Å². The maximum Gasteiger partial charge on any atom is 0.349 e. The normalized spacial score (nSPS) is 12.2. The SMILES string of the molecule is O=c1cnn(-c2cc(Cl)c(C(O)c3ccc(F)cc3)c(Cl)c2)c(=O)[nH]1. The van der Waals surface area contributed by atoms with E-state index in [4.69, 9.17) is 23.2 Å². The standard InChI is InChI=1S/C16H10Cl2FN3O3/c17-11-5-10(22-16(25)21-13(23)7-20-22)6-12(18)14(11)15(24)8-1-3-9(19)4-2-8/h1-7,15,24H,(H,21,23,25). The van der Waals surface area contributed by atoms with Gasteiger partial charge in [0.05, 0.1) is 15.7 Å². The van der Waals surface area contributed by atoms with E-state index in [0.717, 1.165) is 10.9 Å². The van der Waals surface area contributed by atoms with Gasteiger partial charge in [0, 0.05) is 5.56 Å². The summed E-state index contributed by atoms with van der Waals surface area (Å²) in [5, 5.41) is 14.4. The zero-order valence-electron chi connectivity index (χ0n) is 12.4. The van der Waals surface area contributed by atoms with E-state index in [-0.39, 0.29) is 21.3 Å². The molecule has 2 N–H and O–H groups in total. The number of nitrogens with one attached hydrogen (secondary N) is 1. The van der Waals surface area contributed by atoms with Crippen molar-refractivity contribution in [3.63, 3.8) is 0 Å². The first kappa shape index (κ1) is 17.3. The summed E-state index contributed by atoms with van der Waals surface area (Å²) in [4.78, 5) is 25.0. The first-order valence-corrected chi connectivity index (χ1v) is 7.74. The van der Waals surface area contributed by atoms with Crippen LogP contribution in [0.5, 0.6) is 0 Å². The minimum Gasteiger partial charge on any atom is -0.384 e. The highest BCUT2D eigenvalue weighted by molar-refractivity contribution is 6.36. The summed E-state index contributed by atoms with van der Waals surface area (Å²) in [6.45, 7) is 0. The maximum absolute atomic E-state index is 13.0. The Morgan fingerprint density at radius 2 is 1.72 bits per heavy atom. The van der Waals surface area contributed by atoms with Gasteiger partial charge in [-0.05, 0) is 29.8 Å². The fourth-order valence-corrected chi connectivity index (χ4v) is 2.99. The predicted molar refractivity (Wildman–Crippen MR) is 90.9 cm³/mol. The third-order valence-corrected chi connectivity index (χ3v) is 4.11. The van der Waals surface area contributed by atoms with E-state index in [0.29, 0.717) is 5.56 Å². The van der Waals surface area contributed by atoms with Gasteiger partial charge in [0.25, 0.3) is 5.56 Å². The van der Waals surface area contributed by atoms with Gasteiger partial charge in [-0.1, -0.05) is 35.3 Å². The first-order chi connectivity index (χ1) is 11.9. The second-order valence-corrected chi connectivity index (χ2v) is 5.94. The minimum absolute atomic E-state index is 0.0826. The molecule has 9 heteroatoms. The molecule has 0 radical (unpaired) electrons. The second-order valence-electron chi connectivity index (χ2n) is 5.13. The van der Waals surface area contributed by atoms with Crippen molar-refractivity contribution in [1.82, 2.24) is 14.8 Å². The number of benzene rings is 2. The quantitative estimate of drug-likeness (QED) is 0.729. The summed E-state index contributed by atoms with van der Waals surface area (Å²) in [6, 6.07) is 7.99. The Hall–Kier alpha value is -2.48. The number of H-pyrrole nitrogens is 1. The maximum atomic E-state index is 13.0. The third-order valence-electron chi connectivity index (χ3n) is 3.48. The molecule has 0 saturated carbocycles. The molecular formula is C16H10Cl2FN3O3. The smallest absolute Gasteiger partial charge is 0.349 e. The van der Waals surface area contributed by atoms with Crippen LogP contribution in [0.3, 0.4) is 0 Å². The molecule has 3 rings (SSSR count). The van der Waals surface area contributed by atoms with E-state index in [1.54, 1.807) is 0 Å². The van der Waals surface area contributed by atoms with Crippen molar-refractivity contribution < 1.29 is 9.50 Å². The highest BCUT2D eigenvalue weighted by Gasteiger charge is 2.19. The van der Waals surface area contributed by atoms with Gasteiger partial charge >= 0.3 is 5.69 Å². The summed E-state index contributed by atoms with van der Waals surface area (Å²) in [5.41, 5.74) is -0.576. The molecule has 1 atom stereocenters. The van der Waals surface area contributed by atoms with Crippen molar-refractivity contribution in [2.75, 3.05) is 0 Å². The predicted octanol–water partition coefficient (Wildman–Crippen LogP) is 2.45. The molecule has 128 valence electrons. The molecule has 0 fully saturated rings. The fourth-order valence-electron chi connectivity index (χ4n) is 2.30. The van der Waals surface area contributed by atoms with Crippen LogP contribution in [0.25, 0.3) is 5.69 Å². The molecule has 0 aliphatic heterocycles. The summed E-state index contributed by atoms with van der Waals surface area (Å²) >= 11 is 12.4. The van der Waals surface area contributed by atoms with Crippen molar-refractivity contribution in [2.24, 2.45) is 0 Å². The van der Waals surface area contributed by atoms with Gasteiger partial charge in [-0.15, -0.1) is 0 Å². The number of halogens is 3. The highest BCUT2D eigenvalue weighted by Crippen LogP contribution is 2.35. The van der Waals surface area contributed by atoms with Crippen molar-refractivity contribution >= 4 is 23.2 Å². The number of aromatic amines is 1. The lowest BCUT2D eigenvalue weighted by Crippen LogP contribution is -2.30. The lowest BCUT2D eigenvalue weighted by molar-refractivity contribution is 0.220. The van der Waals surface area contributed by atoms with Crippen LogP contribution in [0.4, 0.5) is 4.39 Å². The van der Waals surface area contributed by atoms with E-state index >= 15 is 0 Å². The summed E-state index contributed by atoms with van der Waals surface area (Å²) in [6.07, 6.45) is -0.250. The molecule has 0 aliphatic rings. The molecule has 0 saturated heterocycles. The zero-order chi connectivity index (χ0) is 18.1. The Morgan fingerprint density at radius 3 is 2.28 bits per heavy atom. The average molecular weight is 382 g/mol. The number of aliphatic hydroxyl groups is 1. The van der Waals surface area contributed by atoms with Gasteiger partial charge < -0.3 is 5.11 Å². The van der Waals surface area contributed by atoms with Crippen molar-refractivity contribution in [3.05, 3.63) is 90.4 Å². The topological polar surface area (TPSA) is 88.0 Å². The molecule has 1 aromatic heterocycles. The molecule has 1 unspecified atom stereocenters. The Kier molecular flexibility index (Phi) is 4.71. The van der Waals surface area contributed by atoms with E-state index in [2.05, 4.69) is 10.1 Å². The Morgan fingerprint density at radius 1 is 1.12 bits per heavy atom. The lowest BCUT2D eigenvalue weighted by Gasteiger charge is -2.16. The largest absolute Gasteiger partial charge is 0.384 e. The lowest BCUT2D eigenvalue weighted by atomic mass is 10.0. The molecule has 0 spiro atoms. The van der Waals surface area contributed by atoms with Crippen LogP contribution >= 0.6 is 23.2 Å². The van der Waals surface area contributed by atoms with Gasteiger partial charge in [-0.3, -0.25) is 9.78 Å².